The normalized spacial score (nSPS) is 10.5. The van der Waals surface area contributed by atoms with Gasteiger partial charge in [0.2, 0.25) is 0 Å². The van der Waals surface area contributed by atoms with E-state index in [-0.39, 0.29) is 23.9 Å². The van der Waals surface area contributed by atoms with Gasteiger partial charge in [0.15, 0.2) is 5.69 Å². The molecule has 1 N–H and O–H groups in total. The van der Waals surface area contributed by atoms with E-state index in [9.17, 15) is 9.59 Å². The van der Waals surface area contributed by atoms with Gasteiger partial charge in [-0.25, -0.2) is 9.59 Å². The molecule has 0 spiro atoms. The molecular formula is C10H14N2O4. The summed E-state index contributed by atoms with van der Waals surface area (Å²) in [4.78, 5) is 22.5. The molecule has 0 saturated carbocycles. The number of ether oxygens (including phenoxy) is 1. The number of aromatic nitrogens is 2. The lowest BCUT2D eigenvalue weighted by Crippen LogP contribution is -2.18. The van der Waals surface area contributed by atoms with Crippen LogP contribution in [0.3, 0.4) is 0 Å². The minimum atomic E-state index is -1.19. The molecule has 6 heteroatoms. The molecule has 1 aromatic heterocycles. The van der Waals surface area contributed by atoms with E-state index in [2.05, 4.69) is 5.10 Å². The minimum Gasteiger partial charge on any atom is -0.478 e. The van der Waals surface area contributed by atoms with Crippen LogP contribution in [-0.4, -0.2) is 33.4 Å². The zero-order chi connectivity index (χ0) is 12.3. The highest BCUT2D eigenvalue weighted by atomic mass is 16.5. The molecule has 1 rings (SSSR count). The van der Waals surface area contributed by atoms with E-state index in [4.69, 9.17) is 9.84 Å². The van der Waals surface area contributed by atoms with E-state index in [1.165, 1.54) is 4.68 Å². The molecule has 0 aromatic carbocycles. The molecule has 16 heavy (non-hydrogen) atoms. The van der Waals surface area contributed by atoms with Crippen LogP contribution in [0, 0.1) is 0 Å². The monoisotopic (exact) mass is 226 g/mol. The summed E-state index contributed by atoms with van der Waals surface area (Å²) in [5, 5.41) is 12.8. The van der Waals surface area contributed by atoms with Crippen molar-refractivity contribution in [1.82, 2.24) is 9.78 Å². The van der Waals surface area contributed by atoms with E-state index in [0.717, 1.165) is 6.20 Å². The zero-order valence-electron chi connectivity index (χ0n) is 9.43. The Labute approximate surface area is 92.8 Å². The number of hydrogen-bond acceptors (Lipinski definition) is 4. The van der Waals surface area contributed by atoms with Crippen LogP contribution in [0.15, 0.2) is 6.20 Å². The first-order chi connectivity index (χ1) is 7.49. The Morgan fingerprint density at radius 1 is 1.56 bits per heavy atom. The summed E-state index contributed by atoms with van der Waals surface area (Å²) in [6.07, 6.45) is 1.16. The highest BCUT2D eigenvalue weighted by Gasteiger charge is 2.25. The predicted molar refractivity (Wildman–Crippen MR) is 55.5 cm³/mol. The average molecular weight is 226 g/mol. The van der Waals surface area contributed by atoms with Crippen molar-refractivity contribution in [3.63, 3.8) is 0 Å². The van der Waals surface area contributed by atoms with Gasteiger partial charge in [0, 0.05) is 6.04 Å². The molecule has 1 aromatic rings. The maximum Gasteiger partial charge on any atom is 0.357 e. The fourth-order valence-electron chi connectivity index (χ4n) is 1.31. The second-order valence-electron chi connectivity index (χ2n) is 3.47. The van der Waals surface area contributed by atoms with Crippen LogP contribution in [0.1, 0.15) is 47.7 Å². The number of rotatable bonds is 4. The van der Waals surface area contributed by atoms with Gasteiger partial charge in [0.05, 0.1) is 12.8 Å². The number of esters is 1. The number of carbonyl (C=O) groups excluding carboxylic acids is 1. The van der Waals surface area contributed by atoms with Gasteiger partial charge in [0.1, 0.15) is 5.56 Å². The van der Waals surface area contributed by atoms with Gasteiger partial charge in [-0.1, -0.05) is 0 Å². The fraction of sp³-hybridized carbons (Fsp3) is 0.500. The highest BCUT2D eigenvalue weighted by Crippen LogP contribution is 2.15. The Hall–Kier alpha value is -1.85. The van der Waals surface area contributed by atoms with Crippen molar-refractivity contribution in [3.8, 4) is 0 Å². The van der Waals surface area contributed by atoms with Gasteiger partial charge in [-0.2, -0.15) is 5.10 Å². The van der Waals surface area contributed by atoms with Crippen LogP contribution in [0.4, 0.5) is 0 Å². The van der Waals surface area contributed by atoms with Crippen molar-refractivity contribution in [1.29, 1.82) is 0 Å². The third-order valence-electron chi connectivity index (χ3n) is 1.98. The third-order valence-corrected chi connectivity index (χ3v) is 1.98. The van der Waals surface area contributed by atoms with E-state index < -0.39 is 11.9 Å². The van der Waals surface area contributed by atoms with Gasteiger partial charge in [0.25, 0.3) is 0 Å². The molecule has 0 amide bonds. The Balaban J connectivity index is 3.24. The van der Waals surface area contributed by atoms with Crippen molar-refractivity contribution < 1.29 is 19.4 Å². The molecule has 88 valence electrons. The van der Waals surface area contributed by atoms with Gasteiger partial charge in [-0.05, 0) is 20.8 Å². The van der Waals surface area contributed by atoms with Crippen LogP contribution < -0.4 is 0 Å². The standard InChI is InChI=1S/C10H14N2O4/c1-4-16-10(15)8-7(9(13)14)5-11-12(8)6(2)3/h5-6H,4H2,1-3H3,(H,13,14). The third kappa shape index (κ3) is 2.21. The van der Waals surface area contributed by atoms with E-state index in [0.29, 0.717) is 0 Å². The molecule has 0 aliphatic carbocycles. The summed E-state index contributed by atoms with van der Waals surface area (Å²) < 4.78 is 6.15. The van der Waals surface area contributed by atoms with Crippen LogP contribution >= 0.6 is 0 Å². The van der Waals surface area contributed by atoms with Crippen LogP contribution in [0.5, 0.6) is 0 Å². The van der Waals surface area contributed by atoms with Gasteiger partial charge < -0.3 is 9.84 Å². The number of nitrogens with zero attached hydrogens (tertiary/aromatic N) is 2. The summed E-state index contributed by atoms with van der Waals surface area (Å²) >= 11 is 0. The van der Waals surface area contributed by atoms with Crippen molar-refractivity contribution >= 4 is 11.9 Å². The summed E-state index contributed by atoms with van der Waals surface area (Å²) in [5.74, 6) is -1.85. The Kier molecular flexibility index (Phi) is 3.65. The lowest BCUT2D eigenvalue weighted by molar-refractivity contribution is 0.0498. The molecule has 1 heterocycles. The number of carboxylic acids is 1. The second kappa shape index (κ2) is 4.78. The van der Waals surface area contributed by atoms with Crippen molar-refractivity contribution in [2.75, 3.05) is 6.61 Å². The number of carbonyl (C=O) groups is 2. The fourth-order valence-corrected chi connectivity index (χ4v) is 1.31. The quantitative estimate of drug-likeness (QED) is 0.783. The first kappa shape index (κ1) is 12.2. The topological polar surface area (TPSA) is 81.4 Å². The van der Waals surface area contributed by atoms with Crippen molar-refractivity contribution in [2.45, 2.75) is 26.8 Å². The highest BCUT2D eigenvalue weighted by molar-refractivity contribution is 6.01. The first-order valence-corrected chi connectivity index (χ1v) is 4.97. The van der Waals surface area contributed by atoms with Gasteiger partial charge in [-0.3, -0.25) is 4.68 Å². The Morgan fingerprint density at radius 3 is 2.62 bits per heavy atom. The summed E-state index contributed by atoms with van der Waals surface area (Å²) in [6.45, 7) is 5.47. The lowest BCUT2D eigenvalue weighted by atomic mass is 10.2. The minimum absolute atomic E-state index is 0.00986. The SMILES string of the molecule is CCOC(=O)c1c(C(=O)O)cnn1C(C)C. The van der Waals surface area contributed by atoms with Gasteiger partial charge in [-0.15, -0.1) is 0 Å². The second-order valence-corrected chi connectivity index (χ2v) is 3.47. The zero-order valence-corrected chi connectivity index (χ0v) is 9.43. The smallest absolute Gasteiger partial charge is 0.357 e. The lowest BCUT2D eigenvalue weighted by Gasteiger charge is -2.10. The summed E-state index contributed by atoms with van der Waals surface area (Å²) in [7, 11) is 0. The first-order valence-electron chi connectivity index (χ1n) is 4.97. The van der Waals surface area contributed by atoms with Crippen LogP contribution in [0.2, 0.25) is 0 Å². The van der Waals surface area contributed by atoms with Crippen molar-refractivity contribution in [2.24, 2.45) is 0 Å². The van der Waals surface area contributed by atoms with Crippen LogP contribution in [0.25, 0.3) is 0 Å². The molecule has 0 aliphatic heterocycles. The maximum atomic E-state index is 11.6. The molecule has 0 unspecified atom stereocenters. The molecule has 0 saturated heterocycles. The average Bonchev–Trinajstić information content (AvgIpc) is 2.61. The molecule has 0 fully saturated rings. The molecule has 0 bridgehead atoms. The number of carboxylic acid groups (broad SMARTS) is 1. The number of aromatic carboxylic acids is 1. The maximum absolute atomic E-state index is 11.6. The van der Waals surface area contributed by atoms with Crippen molar-refractivity contribution in [3.05, 3.63) is 17.5 Å². The van der Waals surface area contributed by atoms with Gasteiger partial charge >= 0.3 is 11.9 Å². The Bertz CT molecular complexity index is 409. The largest absolute Gasteiger partial charge is 0.478 e. The molecule has 6 nitrogen and oxygen atoms in total. The number of hydrogen-bond donors (Lipinski definition) is 1. The molecule has 0 aliphatic rings. The molecule has 0 radical (unpaired) electrons. The Morgan fingerprint density at radius 2 is 2.19 bits per heavy atom. The summed E-state index contributed by atoms with van der Waals surface area (Å²) in [6, 6.07) is -0.104. The van der Waals surface area contributed by atoms with E-state index >= 15 is 0 Å². The summed E-state index contributed by atoms with van der Waals surface area (Å²) in [5.41, 5.74) is -0.142. The molecule has 0 atom stereocenters. The molecular weight excluding hydrogens is 212 g/mol. The van der Waals surface area contributed by atoms with E-state index in [1.807, 2.05) is 0 Å². The predicted octanol–water partition coefficient (Wildman–Crippen LogP) is 1.34. The van der Waals surface area contributed by atoms with Crippen LogP contribution in [-0.2, 0) is 4.74 Å². The van der Waals surface area contributed by atoms with E-state index in [1.54, 1.807) is 20.8 Å².